The maximum absolute atomic E-state index is 12.4. The molecule has 2 unspecified atom stereocenters. The van der Waals surface area contributed by atoms with Crippen molar-refractivity contribution in [1.82, 2.24) is 5.32 Å². The molecule has 3 rings (SSSR count). The molecule has 7 nitrogen and oxygen atoms in total. The van der Waals surface area contributed by atoms with Gasteiger partial charge < -0.3 is 24.6 Å². The van der Waals surface area contributed by atoms with E-state index in [0.717, 1.165) is 11.1 Å². The fraction of sp³-hybridized carbons (Fsp3) is 0.364. The molecule has 1 aliphatic rings. The summed E-state index contributed by atoms with van der Waals surface area (Å²) in [5.41, 5.74) is 2.28. The molecule has 0 radical (unpaired) electrons. The van der Waals surface area contributed by atoms with E-state index in [9.17, 15) is 9.59 Å². The molecule has 0 spiro atoms. The quantitative estimate of drug-likeness (QED) is 0.695. The molecule has 1 heterocycles. The van der Waals surface area contributed by atoms with Crippen LogP contribution in [0.4, 0.5) is 0 Å². The van der Waals surface area contributed by atoms with Crippen LogP contribution in [0.25, 0.3) is 0 Å². The molecule has 1 amide bonds. The molecular weight excluding hydrogens is 374 g/mol. The third-order valence-corrected chi connectivity index (χ3v) is 4.79. The lowest BCUT2D eigenvalue weighted by molar-refractivity contribution is 0.0526. The molecule has 0 aliphatic carbocycles. The maximum Gasteiger partial charge on any atom is 0.338 e. The van der Waals surface area contributed by atoms with Crippen LogP contribution in [0.3, 0.4) is 0 Å². The van der Waals surface area contributed by atoms with Crippen molar-refractivity contribution in [2.24, 2.45) is 0 Å². The Labute approximate surface area is 169 Å². The first-order valence-electron chi connectivity index (χ1n) is 9.57. The molecule has 154 valence electrons. The van der Waals surface area contributed by atoms with Crippen molar-refractivity contribution in [1.29, 1.82) is 0 Å². The van der Waals surface area contributed by atoms with Crippen LogP contribution in [0.2, 0.25) is 0 Å². The minimum Gasteiger partial charge on any atom is -0.491 e. The fourth-order valence-corrected chi connectivity index (χ4v) is 3.57. The van der Waals surface area contributed by atoms with Crippen LogP contribution in [-0.2, 0) is 4.74 Å². The van der Waals surface area contributed by atoms with Gasteiger partial charge in [-0.3, -0.25) is 4.79 Å². The molecule has 0 saturated carbocycles. The van der Waals surface area contributed by atoms with Crippen LogP contribution >= 0.6 is 0 Å². The number of benzene rings is 2. The Bertz CT molecular complexity index is 910. The van der Waals surface area contributed by atoms with Gasteiger partial charge in [-0.15, -0.1) is 0 Å². The van der Waals surface area contributed by atoms with Gasteiger partial charge in [0.15, 0.2) is 0 Å². The standard InChI is InChI=1S/C22H25NO6/c1-4-27-22(26)15-11-17-19(14-6-5-7-16(10-14)28-9-8-24)13(2)29-20(17)18(12-15)21(25)23-3/h5-7,10-13,19,24H,4,8-9H2,1-3H3,(H,23,25). The Morgan fingerprint density at radius 3 is 2.72 bits per heavy atom. The Hall–Kier alpha value is -3.06. The summed E-state index contributed by atoms with van der Waals surface area (Å²) in [6.07, 6.45) is -0.251. The summed E-state index contributed by atoms with van der Waals surface area (Å²) in [6.45, 7) is 4.02. The number of carbonyl (C=O) groups is 2. The summed E-state index contributed by atoms with van der Waals surface area (Å²) in [7, 11) is 1.53. The van der Waals surface area contributed by atoms with Gasteiger partial charge in [0.25, 0.3) is 5.91 Å². The highest BCUT2D eigenvalue weighted by Crippen LogP contribution is 2.45. The van der Waals surface area contributed by atoms with Crippen molar-refractivity contribution in [3.8, 4) is 11.5 Å². The molecule has 7 heteroatoms. The maximum atomic E-state index is 12.4. The number of ether oxygens (including phenoxy) is 3. The van der Waals surface area contributed by atoms with Gasteiger partial charge in [0.1, 0.15) is 24.2 Å². The zero-order valence-electron chi connectivity index (χ0n) is 16.7. The number of aliphatic hydroxyl groups excluding tert-OH is 1. The van der Waals surface area contributed by atoms with Gasteiger partial charge in [0.2, 0.25) is 0 Å². The number of hydrogen-bond acceptors (Lipinski definition) is 6. The average molecular weight is 399 g/mol. The summed E-state index contributed by atoms with van der Waals surface area (Å²) in [5.74, 6) is 0.0846. The SMILES string of the molecule is CCOC(=O)c1cc(C(=O)NC)c2c(c1)C(c1cccc(OCCO)c1)C(C)O2. The van der Waals surface area contributed by atoms with Gasteiger partial charge in [-0.05, 0) is 43.7 Å². The zero-order chi connectivity index (χ0) is 21.0. The van der Waals surface area contributed by atoms with Crippen LogP contribution in [0.15, 0.2) is 36.4 Å². The van der Waals surface area contributed by atoms with Gasteiger partial charge in [0, 0.05) is 18.5 Å². The summed E-state index contributed by atoms with van der Waals surface area (Å²) in [5, 5.41) is 11.6. The lowest BCUT2D eigenvalue weighted by Gasteiger charge is -2.17. The Balaban J connectivity index is 2.09. The van der Waals surface area contributed by atoms with E-state index in [1.165, 1.54) is 13.1 Å². The lowest BCUT2D eigenvalue weighted by Crippen LogP contribution is -2.20. The predicted octanol–water partition coefficient (Wildman–Crippen LogP) is 2.51. The average Bonchev–Trinajstić information content (AvgIpc) is 3.07. The highest BCUT2D eigenvalue weighted by Gasteiger charge is 2.37. The van der Waals surface area contributed by atoms with Crippen molar-refractivity contribution >= 4 is 11.9 Å². The molecule has 0 aromatic heterocycles. The summed E-state index contributed by atoms with van der Waals surface area (Å²) >= 11 is 0. The van der Waals surface area contributed by atoms with E-state index in [4.69, 9.17) is 19.3 Å². The van der Waals surface area contributed by atoms with E-state index >= 15 is 0 Å². The van der Waals surface area contributed by atoms with Gasteiger partial charge >= 0.3 is 5.97 Å². The van der Waals surface area contributed by atoms with E-state index in [1.54, 1.807) is 13.0 Å². The minimum atomic E-state index is -0.487. The Morgan fingerprint density at radius 2 is 2.03 bits per heavy atom. The highest BCUT2D eigenvalue weighted by molar-refractivity contribution is 6.01. The summed E-state index contributed by atoms with van der Waals surface area (Å²) in [6, 6.07) is 10.7. The van der Waals surface area contributed by atoms with Crippen molar-refractivity contribution in [3.63, 3.8) is 0 Å². The largest absolute Gasteiger partial charge is 0.491 e. The summed E-state index contributed by atoms with van der Waals surface area (Å²) < 4.78 is 16.7. The topological polar surface area (TPSA) is 94.1 Å². The molecule has 0 saturated heterocycles. The van der Waals surface area contributed by atoms with Crippen molar-refractivity contribution < 1.29 is 28.9 Å². The number of rotatable bonds is 7. The molecular formula is C22H25NO6. The molecule has 2 atom stereocenters. The van der Waals surface area contributed by atoms with Gasteiger partial charge in [-0.25, -0.2) is 4.79 Å². The van der Waals surface area contributed by atoms with Gasteiger partial charge in [-0.1, -0.05) is 12.1 Å². The Morgan fingerprint density at radius 1 is 1.24 bits per heavy atom. The third-order valence-electron chi connectivity index (χ3n) is 4.79. The second kappa shape index (κ2) is 8.96. The predicted molar refractivity (Wildman–Crippen MR) is 107 cm³/mol. The van der Waals surface area contributed by atoms with E-state index < -0.39 is 5.97 Å². The van der Waals surface area contributed by atoms with Crippen molar-refractivity contribution in [2.75, 3.05) is 26.9 Å². The lowest BCUT2D eigenvalue weighted by atomic mass is 9.87. The molecule has 2 aromatic carbocycles. The molecule has 1 aliphatic heterocycles. The van der Waals surface area contributed by atoms with E-state index in [2.05, 4.69) is 5.32 Å². The second-order valence-electron chi connectivity index (χ2n) is 6.69. The number of fused-ring (bicyclic) bond motifs is 1. The van der Waals surface area contributed by atoms with E-state index in [1.807, 2.05) is 31.2 Å². The van der Waals surface area contributed by atoms with Crippen LogP contribution in [-0.4, -0.2) is 50.0 Å². The number of aliphatic hydroxyl groups is 1. The van der Waals surface area contributed by atoms with Crippen molar-refractivity contribution in [2.45, 2.75) is 25.9 Å². The smallest absolute Gasteiger partial charge is 0.338 e. The van der Waals surface area contributed by atoms with Gasteiger partial charge in [0.05, 0.1) is 24.3 Å². The first-order chi connectivity index (χ1) is 14.0. The van der Waals surface area contributed by atoms with E-state index in [-0.39, 0.29) is 37.7 Å². The normalized spacial score (nSPS) is 17.2. The van der Waals surface area contributed by atoms with Crippen LogP contribution in [0.1, 0.15) is 51.6 Å². The number of carbonyl (C=O) groups excluding carboxylic acids is 2. The molecule has 29 heavy (non-hydrogen) atoms. The number of nitrogens with one attached hydrogen (secondary N) is 1. The molecule has 0 fully saturated rings. The number of hydrogen-bond donors (Lipinski definition) is 2. The minimum absolute atomic E-state index is 0.0750. The molecule has 2 N–H and O–H groups in total. The molecule has 2 aromatic rings. The second-order valence-corrected chi connectivity index (χ2v) is 6.69. The van der Waals surface area contributed by atoms with E-state index in [0.29, 0.717) is 22.6 Å². The number of amides is 1. The first kappa shape index (κ1) is 20.7. The van der Waals surface area contributed by atoms with Crippen LogP contribution in [0, 0.1) is 0 Å². The fourth-order valence-electron chi connectivity index (χ4n) is 3.57. The molecule has 0 bridgehead atoms. The highest BCUT2D eigenvalue weighted by atomic mass is 16.5. The summed E-state index contributed by atoms with van der Waals surface area (Å²) in [4.78, 5) is 24.8. The first-order valence-corrected chi connectivity index (χ1v) is 9.57. The van der Waals surface area contributed by atoms with Crippen molar-refractivity contribution in [3.05, 3.63) is 58.7 Å². The van der Waals surface area contributed by atoms with Crippen LogP contribution in [0.5, 0.6) is 11.5 Å². The Kier molecular flexibility index (Phi) is 6.39. The third kappa shape index (κ3) is 4.19. The zero-order valence-corrected chi connectivity index (χ0v) is 16.7. The van der Waals surface area contributed by atoms with Gasteiger partial charge in [-0.2, -0.15) is 0 Å². The monoisotopic (exact) mass is 399 g/mol. The van der Waals surface area contributed by atoms with Crippen LogP contribution < -0.4 is 14.8 Å². The number of esters is 1.